The number of hydrogen-bond donors (Lipinski definition) is 6. The van der Waals surface area contributed by atoms with Crippen LogP contribution in [0.15, 0.2) is 146 Å². The van der Waals surface area contributed by atoms with Gasteiger partial charge in [0.1, 0.15) is 24.4 Å². The van der Waals surface area contributed by atoms with E-state index in [-0.39, 0.29) is 19.4 Å². The molecule has 0 aromatic rings. The third-order valence-corrected chi connectivity index (χ3v) is 14.9. The first kappa shape index (κ1) is 78.6. The van der Waals surface area contributed by atoms with Gasteiger partial charge in [-0.3, -0.25) is 9.59 Å². The van der Waals surface area contributed by atoms with Crippen LogP contribution in [0.25, 0.3) is 0 Å². The standard InChI is InChI=1S/C74H121NO10/c1-4-7-10-13-16-19-22-25-27-29-30-31-32-33-34-35-36-37-39-40-43-46-49-52-55-58-61-67(78)73(82)75-65(66(77)60-57-54-51-48-45-42-24-21-18-15-12-9-6-3)64-83-74-72(71(81)70(80)68(63-76)84-74)85-69(79)62-59-56-53-50-47-44-41-38-28-26-23-20-17-14-11-8-5-2/h7-8,10-11,14,16-17,19-20,23,25-28,30-31,33-34,38,41,44,47,57,60,65-68,70-72,74,76-78,80-81H,4-6,9,12-13,15,18,21-22,24,29,32,35-37,39-40,42-43,45-46,48-56,58-59,61-64H2,1-3H3,(H,75,82)/b10-7-,11-8-,17-14+,19-16-,23-20+,27-25-,28-26-,31-30-,34-33-,41-38+,47-44+,60-57+. The number of rotatable bonds is 55. The van der Waals surface area contributed by atoms with Gasteiger partial charge < -0.3 is 45.1 Å². The molecule has 0 aliphatic carbocycles. The smallest absolute Gasteiger partial charge is 0.306 e. The molecule has 6 N–H and O–H groups in total. The van der Waals surface area contributed by atoms with Crippen molar-refractivity contribution in [2.24, 2.45) is 0 Å². The molecule has 1 amide bonds. The van der Waals surface area contributed by atoms with Gasteiger partial charge in [-0.15, -0.1) is 0 Å². The number of carbonyl (C=O) groups excluding carboxylic acids is 2. The zero-order valence-corrected chi connectivity index (χ0v) is 53.4. The zero-order valence-electron chi connectivity index (χ0n) is 53.4. The lowest BCUT2D eigenvalue weighted by Gasteiger charge is -2.41. The van der Waals surface area contributed by atoms with Crippen LogP contribution in [0.4, 0.5) is 0 Å². The molecule has 0 spiro atoms. The second kappa shape index (κ2) is 59.9. The van der Waals surface area contributed by atoms with E-state index in [1.807, 2.05) is 66.8 Å². The lowest BCUT2D eigenvalue weighted by Crippen LogP contribution is -2.61. The van der Waals surface area contributed by atoms with Crippen LogP contribution < -0.4 is 5.32 Å². The Labute approximate surface area is 517 Å². The molecule has 1 fully saturated rings. The highest BCUT2D eigenvalue weighted by Gasteiger charge is 2.47. The molecule has 0 bridgehead atoms. The molecular weight excluding hydrogens is 1060 g/mol. The first-order valence-corrected chi connectivity index (χ1v) is 33.7. The van der Waals surface area contributed by atoms with Crippen LogP contribution in [-0.2, 0) is 23.8 Å². The largest absolute Gasteiger partial charge is 0.454 e. The summed E-state index contributed by atoms with van der Waals surface area (Å²) >= 11 is 0. The van der Waals surface area contributed by atoms with Gasteiger partial charge in [0, 0.05) is 6.42 Å². The number of aliphatic hydroxyl groups excluding tert-OH is 5. The number of esters is 1. The van der Waals surface area contributed by atoms with Gasteiger partial charge in [-0.05, 0) is 89.9 Å². The monoisotopic (exact) mass is 1180 g/mol. The van der Waals surface area contributed by atoms with Crippen molar-refractivity contribution in [1.82, 2.24) is 5.32 Å². The van der Waals surface area contributed by atoms with Crippen molar-refractivity contribution in [3.8, 4) is 0 Å². The first-order chi connectivity index (χ1) is 41.7. The van der Waals surface area contributed by atoms with E-state index >= 15 is 0 Å². The van der Waals surface area contributed by atoms with Gasteiger partial charge in [-0.1, -0.05) is 295 Å². The number of hydrogen-bond acceptors (Lipinski definition) is 10. The zero-order chi connectivity index (χ0) is 61.7. The van der Waals surface area contributed by atoms with Gasteiger partial charge in [-0.2, -0.15) is 0 Å². The molecule has 85 heavy (non-hydrogen) atoms. The van der Waals surface area contributed by atoms with Crippen LogP contribution in [0, 0.1) is 0 Å². The molecule has 1 saturated heterocycles. The van der Waals surface area contributed by atoms with Crippen LogP contribution in [-0.4, -0.2) is 99.6 Å². The number of aliphatic hydroxyl groups is 5. The van der Waals surface area contributed by atoms with Crippen molar-refractivity contribution in [3.63, 3.8) is 0 Å². The highest BCUT2D eigenvalue weighted by molar-refractivity contribution is 5.80. The molecule has 11 nitrogen and oxygen atoms in total. The van der Waals surface area contributed by atoms with E-state index < -0.39 is 67.4 Å². The Balaban J connectivity index is 2.65. The van der Waals surface area contributed by atoms with Gasteiger partial charge in [-0.25, -0.2) is 0 Å². The summed E-state index contributed by atoms with van der Waals surface area (Å²) in [6, 6.07) is -1.05. The normalized spacial score (nSPS) is 19.4. The van der Waals surface area contributed by atoms with Crippen molar-refractivity contribution < 1.29 is 49.3 Å². The van der Waals surface area contributed by atoms with Gasteiger partial charge >= 0.3 is 5.97 Å². The van der Waals surface area contributed by atoms with E-state index in [0.29, 0.717) is 12.8 Å². The fourth-order valence-corrected chi connectivity index (χ4v) is 9.65. The van der Waals surface area contributed by atoms with Crippen LogP contribution in [0.5, 0.6) is 0 Å². The lowest BCUT2D eigenvalue weighted by molar-refractivity contribution is -0.305. The summed E-state index contributed by atoms with van der Waals surface area (Å²) in [4.78, 5) is 26.6. The maximum Gasteiger partial charge on any atom is 0.306 e. The number of carbonyl (C=O) groups is 2. The van der Waals surface area contributed by atoms with Crippen LogP contribution in [0.1, 0.15) is 245 Å². The third-order valence-electron chi connectivity index (χ3n) is 14.9. The fraction of sp³-hybridized carbons (Fsp3) is 0.649. The van der Waals surface area contributed by atoms with Crippen LogP contribution >= 0.6 is 0 Å². The van der Waals surface area contributed by atoms with E-state index in [9.17, 15) is 35.1 Å². The number of unbranched alkanes of at least 4 members (excludes halogenated alkanes) is 24. The molecule has 0 aromatic carbocycles. The summed E-state index contributed by atoms with van der Waals surface area (Å²) in [5, 5.41) is 57.2. The van der Waals surface area contributed by atoms with E-state index in [2.05, 4.69) is 99.0 Å². The Morgan fingerprint density at radius 1 is 0.482 bits per heavy atom. The Morgan fingerprint density at radius 3 is 1.41 bits per heavy atom. The molecule has 482 valence electrons. The number of nitrogens with one attached hydrogen (secondary N) is 1. The molecule has 0 aromatic heterocycles. The van der Waals surface area contributed by atoms with E-state index in [0.717, 1.165) is 109 Å². The SMILES string of the molecule is CC\C=C/C=C/C=C/C=C\C=C\C=C\CCCCCC(=O)OC1C(OCC(NC(=O)C(O)CCCCCCCCCCCC/C=C\C/C=C\C/C=C\C/C=C\C/C=C\CC)C(O)/C=C/CCCCCCCCCCCCC)OC(CO)C(O)C1O. The maximum atomic E-state index is 13.5. The predicted octanol–water partition coefficient (Wildman–Crippen LogP) is 16.9. The second-order valence-electron chi connectivity index (χ2n) is 22.6. The summed E-state index contributed by atoms with van der Waals surface area (Å²) in [6.07, 6.45) is 75.9. The molecular formula is C74H121NO10. The van der Waals surface area contributed by atoms with Gasteiger partial charge in [0.05, 0.1) is 25.4 Å². The van der Waals surface area contributed by atoms with Gasteiger partial charge in [0.25, 0.3) is 0 Å². The minimum Gasteiger partial charge on any atom is -0.454 e. The van der Waals surface area contributed by atoms with Crippen molar-refractivity contribution >= 4 is 11.9 Å². The third kappa shape index (κ3) is 47.3. The van der Waals surface area contributed by atoms with Gasteiger partial charge in [0.2, 0.25) is 5.91 Å². The Hall–Kier alpha value is -4.46. The van der Waals surface area contributed by atoms with E-state index in [1.165, 1.54) is 89.9 Å². The minimum absolute atomic E-state index is 0.0641. The van der Waals surface area contributed by atoms with Crippen LogP contribution in [0.2, 0.25) is 0 Å². The van der Waals surface area contributed by atoms with Gasteiger partial charge in [0.15, 0.2) is 12.4 Å². The van der Waals surface area contributed by atoms with Crippen molar-refractivity contribution in [2.45, 2.75) is 294 Å². The van der Waals surface area contributed by atoms with E-state index in [4.69, 9.17) is 14.2 Å². The van der Waals surface area contributed by atoms with Crippen molar-refractivity contribution in [3.05, 3.63) is 146 Å². The molecule has 1 aliphatic heterocycles. The van der Waals surface area contributed by atoms with E-state index in [1.54, 1.807) is 6.08 Å². The number of allylic oxidation sites excluding steroid dienone is 23. The molecule has 8 unspecified atom stereocenters. The summed E-state index contributed by atoms with van der Waals surface area (Å²) in [5.74, 6) is -1.25. The highest BCUT2D eigenvalue weighted by atomic mass is 16.7. The molecule has 8 atom stereocenters. The topological polar surface area (TPSA) is 175 Å². The molecule has 11 heteroatoms. The van der Waals surface area contributed by atoms with Crippen molar-refractivity contribution in [2.75, 3.05) is 13.2 Å². The second-order valence-corrected chi connectivity index (χ2v) is 22.6. The predicted molar refractivity (Wildman–Crippen MR) is 356 cm³/mol. The summed E-state index contributed by atoms with van der Waals surface area (Å²) in [5.41, 5.74) is 0. The summed E-state index contributed by atoms with van der Waals surface area (Å²) in [7, 11) is 0. The summed E-state index contributed by atoms with van der Waals surface area (Å²) < 4.78 is 17.6. The lowest BCUT2D eigenvalue weighted by atomic mass is 9.99. The van der Waals surface area contributed by atoms with Crippen LogP contribution in [0.3, 0.4) is 0 Å². The quantitative estimate of drug-likeness (QED) is 0.0149. The maximum absolute atomic E-state index is 13.5. The Kier molecular flexibility index (Phi) is 55.3. The molecule has 1 heterocycles. The molecule has 0 saturated carbocycles. The summed E-state index contributed by atoms with van der Waals surface area (Å²) in [6.45, 7) is 5.50. The minimum atomic E-state index is -1.64. The molecule has 0 radical (unpaired) electrons. The van der Waals surface area contributed by atoms with Crippen molar-refractivity contribution in [1.29, 1.82) is 0 Å². The average molecular weight is 1180 g/mol. The average Bonchev–Trinajstić information content (AvgIpc) is 3.16. The molecule has 1 rings (SSSR count). The highest BCUT2D eigenvalue weighted by Crippen LogP contribution is 2.26. The number of ether oxygens (including phenoxy) is 3. The Bertz CT molecular complexity index is 1940. The first-order valence-electron chi connectivity index (χ1n) is 33.7. The fourth-order valence-electron chi connectivity index (χ4n) is 9.65. The number of amides is 1. The Morgan fingerprint density at radius 2 is 0.906 bits per heavy atom. The molecule has 1 aliphatic rings.